The van der Waals surface area contributed by atoms with Crippen molar-refractivity contribution in [1.82, 2.24) is 5.32 Å². The lowest BCUT2D eigenvalue weighted by Crippen LogP contribution is -2.50. The highest BCUT2D eigenvalue weighted by molar-refractivity contribution is 5.86. The van der Waals surface area contributed by atoms with Gasteiger partial charge in [-0.25, -0.2) is 0 Å². The van der Waals surface area contributed by atoms with E-state index in [4.69, 9.17) is 0 Å². The minimum atomic E-state index is -0.748. The number of carbonyl (C=O) groups is 1. The Morgan fingerprint density at radius 2 is 1.50 bits per heavy atom. The second-order valence-corrected chi connectivity index (χ2v) is 6.33. The highest BCUT2D eigenvalue weighted by Gasteiger charge is 2.42. The lowest BCUT2D eigenvalue weighted by atomic mass is 9.80. The Hall–Kier alpha value is -1.04. The van der Waals surface area contributed by atoms with Gasteiger partial charge in [0.05, 0.1) is 6.07 Å². The van der Waals surface area contributed by atoms with E-state index in [-0.39, 0.29) is 11.4 Å². The minimum Gasteiger partial charge on any atom is -0.350 e. The molecule has 100 valence electrons. The number of nitriles is 1. The van der Waals surface area contributed by atoms with E-state index in [0.29, 0.717) is 0 Å². The van der Waals surface area contributed by atoms with Gasteiger partial charge in [-0.2, -0.15) is 5.26 Å². The highest BCUT2D eigenvalue weighted by atomic mass is 16.2. The lowest BCUT2D eigenvalue weighted by molar-refractivity contribution is -0.130. The van der Waals surface area contributed by atoms with Crippen LogP contribution in [0.3, 0.4) is 0 Å². The van der Waals surface area contributed by atoms with Gasteiger partial charge in [-0.15, -0.1) is 0 Å². The van der Waals surface area contributed by atoms with E-state index in [1.807, 2.05) is 0 Å². The molecule has 2 aliphatic rings. The smallest absolute Gasteiger partial charge is 0.240 e. The Balaban J connectivity index is 2.07. The summed E-state index contributed by atoms with van der Waals surface area (Å²) in [7, 11) is 0. The molecule has 1 N–H and O–H groups in total. The minimum absolute atomic E-state index is 0.00343. The zero-order valence-electron chi connectivity index (χ0n) is 11.4. The van der Waals surface area contributed by atoms with Crippen LogP contribution in [0.4, 0.5) is 0 Å². The van der Waals surface area contributed by atoms with Crippen molar-refractivity contribution in [2.45, 2.75) is 76.7 Å². The van der Waals surface area contributed by atoms with E-state index in [9.17, 15) is 10.1 Å². The van der Waals surface area contributed by atoms with E-state index in [0.717, 1.165) is 51.4 Å². The Morgan fingerprint density at radius 1 is 1.00 bits per heavy atom. The van der Waals surface area contributed by atoms with Crippen LogP contribution in [0.25, 0.3) is 0 Å². The second-order valence-electron chi connectivity index (χ2n) is 6.33. The molecule has 18 heavy (non-hydrogen) atoms. The van der Waals surface area contributed by atoms with Crippen molar-refractivity contribution in [3.05, 3.63) is 0 Å². The highest BCUT2D eigenvalue weighted by Crippen LogP contribution is 2.37. The van der Waals surface area contributed by atoms with Crippen LogP contribution in [0.15, 0.2) is 0 Å². The van der Waals surface area contributed by atoms with Crippen LogP contribution in [0.5, 0.6) is 0 Å². The molecule has 0 aromatic heterocycles. The number of amides is 1. The number of rotatable bonds is 2. The molecule has 0 spiro atoms. The van der Waals surface area contributed by atoms with Crippen LogP contribution >= 0.6 is 0 Å². The number of carbonyl (C=O) groups excluding carboxylic acids is 1. The average Bonchev–Trinajstić information content (AvgIpc) is 2.66. The predicted octanol–water partition coefficient (Wildman–Crippen LogP) is 3.30. The van der Waals surface area contributed by atoms with Gasteiger partial charge in [0.15, 0.2) is 0 Å². The van der Waals surface area contributed by atoms with E-state index in [1.54, 1.807) is 0 Å². The molecule has 3 heteroatoms. The number of nitrogens with zero attached hydrogens (tertiary/aromatic N) is 1. The second kappa shape index (κ2) is 5.30. The quantitative estimate of drug-likeness (QED) is 0.762. The van der Waals surface area contributed by atoms with Gasteiger partial charge in [0, 0.05) is 5.54 Å². The molecule has 0 heterocycles. The zero-order valence-corrected chi connectivity index (χ0v) is 11.4. The number of hydrogen-bond donors (Lipinski definition) is 1. The average molecular weight is 248 g/mol. The SMILES string of the molecule is CC1(NC(=O)C2(C#N)CCCCCC2)CCCC1. The summed E-state index contributed by atoms with van der Waals surface area (Å²) in [5.74, 6) is -0.00343. The van der Waals surface area contributed by atoms with E-state index >= 15 is 0 Å². The maximum atomic E-state index is 12.5. The molecule has 0 aromatic rings. The standard InChI is InChI=1S/C15H24N2O/c1-14(8-6-7-9-14)17-13(18)15(12-16)10-4-2-3-5-11-15/h2-11H2,1H3,(H,17,18). The van der Waals surface area contributed by atoms with Crippen molar-refractivity contribution < 1.29 is 4.79 Å². The van der Waals surface area contributed by atoms with Gasteiger partial charge in [-0.05, 0) is 32.6 Å². The molecule has 3 nitrogen and oxygen atoms in total. The molecule has 1 amide bonds. The van der Waals surface area contributed by atoms with Crippen LogP contribution in [0, 0.1) is 16.7 Å². The molecule has 0 radical (unpaired) electrons. The van der Waals surface area contributed by atoms with Gasteiger partial charge in [0.25, 0.3) is 0 Å². The first-order valence-corrected chi connectivity index (χ1v) is 7.34. The molecule has 2 saturated carbocycles. The van der Waals surface area contributed by atoms with Gasteiger partial charge in [-0.1, -0.05) is 38.5 Å². The Labute approximate surface area is 110 Å². The Kier molecular flexibility index (Phi) is 3.94. The van der Waals surface area contributed by atoms with Crippen molar-refractivity contribution >= 4 is 5.91 Å². The third-order valence-corrected chi connectivity index (χ3v) is 4.73. The van der Waals surface area contributed by atoms with Crippen LogP contribution in [0.1, 0.15) is 71.1 Å². The summed E-state index contributed by atoms with van der Waals surface area (Å²) in [5.41, 5.74) is -0.810. The largest absolute Gasteiger partial charge is 0.350 e. The molecule has 0 unspecified atom stereocenters. The fourth-order valence-electron chi connectivity index (χ4n) is 3.40. The summed E-state index contributed by atoms with van der Waals surface area (Å²) >= 11 is 0. The normalized spacial score (nSPS) is 26.0. The Morgan fingerprint density at radius 3 is 2.00 bits per heavy atom. The molecule has 0 atom stereocenters. The van der Waals surface area contributed by atoms with Crippen molar-refractivity contribution in [3.8, 4) is 6.07 Å². The molecule has 0 saturated heterocycles. The summed E-state index contributed by atoms with van der Waals surface area (Å²) in [6.45, 7) is 2.12. The van der Waals surface area contributed by atoms with Gasteiger partial charge in [0.1, 0.15) is 5.41 Å². The number of hydrogen-bond acceptors (Lipinski definition) is 2. The van der Waals surface area contributed by atoms with Gasteiger partial charge >= 0.3 is 0 Å². The van der Waals surface area contributed by atoms with Crippen LogP contribution < -0.4 is 5.32 Å². The van der Waals surface area contributed by atoms with Gasteiger partial charge in [-0.3, -0.25) is 4.79 Å². The van der Waals surface area contributed by atoms with Crippen molar-refractivity contribution in [3.63, 3.8) is 0 Å². The van der Waals surface area contributed by atoms with Crippen molar-refractivity contribution in [1.29, 1.82) is 5.26 Å². The van der Waals surface area contributed by atoms with Crippen LogP contribution in [-0.4, -0.2) is 11.4 Å². The van der Waals surface area contributed by atoms with Crippen LogP contribution in [-0.2, 0) is 4.79 Å². The molecule has 0 aromatic carbocycles. The summed E-state index contributed by atoms with van der Waals surface area (Å²) in [5, 5.41) is 12.7. The fraction of sp³-hybridized carbons (Fsp3) is 0.867. The summed E-state index contributed by atoms with van der Waals surface area (Å²) in [6, 6.07) is 2.34. The van der Waals surface area contributed by atoms with Crippen molar-refractivity contribution in [2.24, 2.45) is 5.41 Å². The number of nitrogens with one attached hydrogen (secondary N) is 1. The molecule has 2 fully saturated rings. The van der Waals surface area contributed by atoms with Gasteiger partial charge in [0.2, 0.25) is 5.91 Å². The lowest BCUT2D eigenvalue weighted by Gasteiger charge is -2.31. The van der Waals surface area contributed by atoms with E-state index in [2.05, 4.69) is 18.3 Å². The monoisotopic (exact) mass is 248 g/mol. The Bertz CT molecular complexity index is 342. The van der Waals surface area contributed by atoms with E-state index in [1.165, 1.54) is 12.8 Å². The molecule has 0 bridgehead atoms. The first kappa shape index (κ1) is 13.4. The first-order valence-electron chi connectivity index (χ1n) is 7.34. The zero-order chi connectivity index (χ0) is 13.1. The molecule has 2 rings (SSSR count). The summed E-state index contributed by atoms with van der Waals surface area (Å²) in [4.78, 5) is 12.5. The maximum Gasteiger partial charge on any atom is 0.240 e. The van der Waals surface area contributed by atoms with E-state index < -0.39 is 5.41 Å². The topological polar surface area (TPSA) is 52.9 Å². The van der Waals surface area contributed by atoms with Crippen LogP contribution in [0.2, 0.25) is 0 Å². The molecule has 0 aliphatic heterocycles. The third-order valence-electron chi connectivity index (χ3n) is 4.73. The maximum absolute atomic E-state index is 12.5. The fourth-order valence-corrected chi connectivity index (χ4v) is 3.40. The van der Waals surface area contributed by atoms with Crippen molar-refractivity contribution in [2.75, 3.05) is 0 Å². The summed E-state index contributed by atoms with van der Waals surface area (Å²) in [6.07, 6.45) is 10.3. The molecular formula is C15H24N2O. The summed E-state index contributed by atoms with van der Waals surface area (Å²) < 4.78 is 0. The van der Waals surface area contributed by atoms with Gasteiger partial charge < -0.3 is 5.32 Å². The molecule has 2 aliphatic carbocycles. The third kappa shape index (κ3) is 2.68. The predicted molar refractivity (Wildman–Crippen MR) is 70.8 cm³/mol. The first-order chi connectivity index (χ1) is 8.60. The molecular weight excluding hydrogens is 224 g/mol.